The van der Waals surface area contributed by atoms with E-state index in [9.17, 15) is 0 Å². The topological polar surface area (TPSA) is 35.9 Å². The molecule has 65 heavy (non-hydrogen) atoms. The predicted octanol–water partition coefficient (Wildman–Crippen LogP) is 15.2. The Labute approximate surface area is 386 Å². The number of nitrogens with zero attached hydrogens (tertiary/aromatic N) is 4. The number of para-hydroxylation sites is 1. The third kappa shape index (κ3) is 8.18. The van der Waals surface area contributed by atoms with E-state index in [0.717, 1.165) is 62.1 Å². The van der Waals surface area contributed by atoms with Gasteiger partial charge < -0.3 is 4.74 Å². The van der Waals surface area contributed by atoms with Crippen LogP contribution in [0, 0.1) is 20.2 Å². The van der Waals surface area contributed by atoms with Crippen molar-refractivity contribution in [3.63, 3.8) is 0 Å². The number of fused-ring (bicyclic) bond motifs is 3. The molecule has 9 aromatic rings. The summed E-state index contributed by atoms with van der Waals surface area (Å²) in [5, 5.41) is 2.31. The molecule has 5 nitrogen and oxygen atoms in total. The van der Waals surface area contributed by atoms with Crippen molar-refractivity contribution in [3.8, 4) is 39.8 Å². The third-order valence-corrected chi connectivity index (χ3v) is 13.4. The maximum Gasteiger partial charge on any atom is 0.269 e. The number of aromatic nitrogens is 4. The fraction of sp³-hybridized carbons (Fsp3) is 0.267. The minimum Gasteiger partial charge on any atom is -0.458 e. The highest BCUT2D eigenvalue weighted by atomic mass is 16.5. The maximum atomic E-state index is 7.03. The van der Waals surface area contributed by atoms with Crippen molar-refractivity contribution in [2.24, 2.45) is 0 Å². The summed E-state index contributed by atoms with van der Waals surface area (Å²) < 4.78 is 13.7. The number of imidazole rings is 1. The predicted molar refractivity (Wildman–Crippen MR) is 270 cm³/mol. The van der Waals surface area contributed by atoms with Gasteiger partial charge in [0.25, 0.3) is 6.33 Å². The summed E-state index contributed by atoms with van der Waals surface area (Å²) in [6, 6.07) is 52.5. The normalized spacial score (nSPS) is 12.4. The lowest BCUT2D eigenvalue weighted by atomic mass is 9.78. The van der Waals surface area contributed by atoms with Crippen molar-refractivity contribution < 1.29 is 9.30 Å². The molecule has 6 aromatic carbocycles. The summed E-state index contributed by atoms with van der Waals surface area (Å²) in [6.45, 7) is 27.2. The molecule has 328 valence electrons. The Morgan fingerprint density at radius 2 is 1.25 bits per heavy atom. The zero-order chi connectivity index (χ0) is 46.0. The molecule has 0 radical (unpaired) electrons. The fourth-order valence-electron chi connectivity index (χ4n) is 9.22. The zero-order valence-corrected chi connectivity index (χ0v) is 40.2. The smallest absolute Gasteiger partial charge is 0.269 e. The van der Waals surface area contributed by atoms with Gasteiger partial charge in [-0.25, -0.2) is 4.98 Å². The largest absolute Gasteiger partial charge is 0.458 e. The second kappa shape index (κ2) is 16.4. The number of rotatable bonds is 9. The van der Waals surface area contributed by atoms with E-state index in [-0.39, 0.29) is 16.2 Å². The van der Waals surface area contributed by atoms with Crippen LogP contribution < -0.4 is 9.30 Å². The van der Waals surface area contributed by atoms with E-state index in [1.165, 1.54) is 38.8 Å². The van der Waals surface area contributed by atoms with Crippen molar-refractivity contribution in [1.82, 2.24) is 14.1 Å². The van der Waals surface area contributed by atoms with E-state index in [1.54, 1.807) is 0 Å². The minimum atomic E-state index is -0.220. The van der Waals surface area contributed by atoms with Crippen molar-refractivity contribution in [1.29, 1.82) is 0 Å². The first-order chi connectivity index (χ1) is 30.9. The summed E-state index contributed by atoms with van der Waals surface area (Å²) in [5.41, 5.74) is 14.9. The highest BCUT2D eigenvalue weighted by Crippen LogP contribution is 2.40. The molecule has 0 saturated heterocycles. The highest BCUT2D eigenvalue weighted by molar-refractivity contribution is 6.09. The SMILES string of the molecule is Cc1c(C)[n+](-c2cc(C(C)(C)C)cc(C(C)(C)C)c2)[c-]n1-c1cc(Oc2ccc3c4ccccc4n(-c4cc(C(C)(C)c5ccccc5)ccn4)c3c2)cc(-c2ccccc2C(C)C)c1. The lowest BCUT2D eigenvalue weighted by molar-refractivity contribution is -0.606. The van der Waals surface area contributed by atoms with Crippen molar-refractivity contribution in [3.05, 3.63) is 197 Å². The van der Waals surface area contributed by atoms with Crippen LogP contribution in [0.25, 0.3) is 50.1 Å². The molecule has 0 unspecified atom stereocenters. The Hall–Kier alpha value is -6.72. The number of pyridine rings is 1. The quantitative estimate of drug-likeness (QED) is 0.107. The molecule has 0 N–H and O–H groups in total. The Bertz CT molecular complexity index is 3190. The Balaban J connectivity index is 1.19. The van der Waals surface area contributed by atoms with Crippen LogP contribution in [0.4, 0.5) is 0 Å². The molecule has 0 aliphatic rings. The average Bonchev–Trinajstić information content (AvgIpc) is 3.78. The third-order valence-electron chi connectivity index (χ3n) is 13.4. The molecular weight excluding hydrogens is 793 g/mol. The van der Waals surface area contributed by atoms with E-state index in [1.807, 2.05) is 6.20 Å². The summed E-state index contributed by atoms with van der Waals surface area (Å²) in [5.74, 6) is 2.70. The number of hydrogen-bond acceptors (Lipinski definition) is 2. The molecule has 5 heteroatoms. The first-order valence-electron chi connectivity index (χ1n) is 23.1. The molecule has 3 heterocycles. The van der Waals surface area contributed by atoms with Crippen molar-refractivity contribution >= 4 is 21.8 Å². The summed E-state index contributed by atoms with van der Waals surface area (Å²) in [6.07, 6.45) is 5.74. The van der Waals surface area contributed by atoms with Crippen molar-refractivity contribution in [2.45, 2.75) is 105 Å². The van der Waals surface area contributed by atoms with Crippen LogP contribution in [0.5, 0.6) is 11.5 Å². The van der Waals surface area contributed by atoms with Gasteiger partial charge in [0.1, 0.15) is 17.3 Å². The molecule has 0 saturated carbocycles. The summed E-state index contributed by atoms with van der Waals surface area (Å²) in [4.78, 5) is 5.00. The summed E-state index contributed by atoms with van der Waals surface area (Å²) >= 11 is 0. The molecule has 0 fully saturated rings. The van der Waals surface area contributed by atoms with E-state index in [2.05, 4.69) is 249 Å². The van der Waals surface area contributed by atoms with E-state index in [4.69, 9.17) is 9.72 Å². The molecule has 0 bridgehead atoms. The molecule has 3 aromatic heterocycles. The van der Waals surface area contributed by atoms with E-state index >= 15 is 0 Å². The van der Waals surface area contributed by atoms with Gasteiger partial charge >= 0.3 is 0 Å². The number of ether oxygens (including phenoxy) is 1. The van der Waals surface area contributed by atoms with E-state index in [0.29, 0.717) is 5.92 Å². The molecule has 0 aliphatic heterocycles. The molecule has 9 rings (SSSR count). The zero-order valence-electron chi connectivity index (χ0n) is 40.2. The minimum absolute atomic E-state index is 0.0102. The van der Waals surface area contributed by atoms with Crippen LogP contribution in [-0.2, 0) is 16.2 Å². The lowest BCUT2D eigenvalue weighted by Crippen LogP contribution is -2.33. The Morgan fingerprint density at radius 1 is 0.585 bits per heavy atom. The Morgan fingerprint density at radius 3 is 1.95 bits per heavy atom. The second-order valence-corrected chi connectivity index (χ2v) is 20.7. The van der Waals surface area contributed by atoms with Gasteiger partial charge in [-0.1, -0.05) is 148 Å². The monoisotopic (exact) mass is 854 g/mol. The van der Waals surface area contributed by atoms with Gasteiger partial charge in [-0.05, 0) is 130 Å². The molecule has 0 amide bonds. The molecule has 0 spiro atoms. The van der Waals surface area contributed by atoms with Gasteiger partial charge in [0, 0.05) is 28.5 Å². The van der Waals surface area contributed by atoms with Gasteiger partial charge in [0.15, 0.2) is 0 Å². The summed E-state index contributed by atoms with van der Waals surface area (Å²) in [7, 11) is 0. The lowest BCUT2D eigenvalue weighted by Gasteiger charge is -2.26. The number of hydrogen-bond donors (Lipinski definition) is 0. The standard InChI is InChI=1S/C60H62N4O/c1-39(2)51-22-16-17-23-52(51)42-30-47(62-38-63(41(4)40(62)3)48-33-45(58(5,6)7)32-46(34-48)59(8,9)10)36-50(31-42)65-49-26-27-54-53-24-18-19-25-55(53)64(56(54)37-49)57-35-44(28-29-61-57)60(11,12)43-20-14-13-15-21-43/h13-37,39H,1-12H3. The van der Waals surface area contributed by atoms with Crippen LogP contribution in [0.2, 0.25) is 0 Å². The number of benzene rings is 6. The molecular formula is C60H62N4O. The fourth-order valence-corrected chi connectivity index (χ4v) is 9.22. The van der Waals surface area contributed by atoms with Gasteiger partial charge in [0.2, 0.25) is 0 Å². The molecule has 0 aliphatic carbocycles. The first-order valence-corrected chi connectivity index (χ1v) is 23.1. The Kier molecular flexibility index (Phi) is 11.0. The second-order valence-electron chi connectivity index (χ2n) is 20.7. The first kappa shape index (κ1) is 43.5. The van der Waals surface area contributed by atoms with E-state index < -0.39 is 0 Å². The van der Waals surface area contributed by atoms with Crippen LogP contribution in [0.15, 0.2) is 152 Å². The van der Waals surface area contributed by atoms with Gasteiger partial charge in [-0.3, -0.25) is 13.7 Å². The van der Waals surface area contributed by atoms with Crippen LogP contribution in [0.3, 0.4) is 0 Å². The van der Waals surface area contributed by atoms with Crippen LogP contribution in [-0.4, -0.2) is 14.1 Å². The van der Waals surface area contributed by atoms with Crippen LogP contribution in [0.1, 0.15) is 114 Å². The van der Waals surface area contributed by atoms with Crippen molar-refractivity contribution in [2.75, 3.05) is 0 Å². The van der Waals surface area contributed by atoms with Gasteiger partial charge in [-0.2, -0.15) is 0 Å². The maximum absolute atomic E-state index is 7.03. The van der Waals surface area contributed by atoms with Crippen LogP contribution >= 0.6 is 0 Å². The van der Waals surface area contributed by atoms with Gasteiger partial charge in [-0.15, -0.1) is 0 Å². The van der Waals surface area contributed by atoms with Gasteiger partial charge in [0.05, 0.1) is 33.8 Å². The average molecular weight is 855 g/mol. The molecule has 0 atom stereocenters. The highest BCUT2D eigenvalue weighted by Gasteiger charge is 2.26.